The molecular formula is C21H20ClFN4O3. The minimum Gasteiger partial charge on any atom is -0.388 e. The molecule has 3 N–H and O–H groups in total. The molecule has 0 amide bonds. The molecule has 1 aromatic heterocycles. The van der Waals surface area contributed by atoms with E-state index in [2.05, 4.69) is 15.3 Å². The third-order valence-corrected chi connectivity index (χ3v) is 5.65. The maximum atomic E-state index is 13.2. The molecule has 1 saturated carbocycles. The van der Waals surface area contributed by atoms with Crippen molar-refractivity contribution in [1.82, 2.24) is 14.5 Å². The van der Waals surface area contributed by atoms with Gasteiger partial charge in [0.1, 0.15) is 23.8 Å². The number of hydrogen-bond acceptors (Lipinski definition) is 6. The Kier molecular flexibility index (Phi) is 5.55. The smallest absolute Gasteiger partial charge is 0.352 e. The third-order valence-electron chi connectivity index (χ3n) is 5.40. The van der Waals surface area contributed by atoms with Crippen LogP contribution >= 0.6 is 11.6 Å². The van der Waals surface area contributed by atoms with E-state index in [1.165, 1.54) is 35.2 Å². The quantitative estimate of drug-likeness (QED) is 0.574. The second-order valence-electron chi connectivity index (χ2n) is 7.38. The van der Waals surface area contributed by atoms with Gasteiger partial charge in [0.2, 0.25) is 5.95 Å². The average molecular weight is 431 g/mol. The van der Waals surface area contributed by atoms with Crippen LogP contribution in [0, 0.1) is 5.82 Å². The number of aliphatic hydroxyl groups excluding tert-OH is 1. The highest BCUT2D eigenvalue weighted by atomic mass is 35.5. The molecule has 7 nitrogen and oxygen atoms in total. The Bertz CT molecular complexity index is 1090. The number of halogens is 2. The number of nitrogens with one attached hydrogen (secondary N) is 1. The molecule has 1 aliphatic rings. The minimum absolute atomic E-state index is 0.0692. The first-order chi connectivity index (χ1) is 14.3. The summed E-state index contributed by atoms with van der Waals surface area (Å²) in [5.74, 6) is -0.350. The topological polar surface area (TPSA) is 100 Å². The normalized spacial score (nSPS) is 23.5. The van der Waals surface area contributed by atoms with Crippen LogP contribution in [0.1, 0.15) is 24.0 Å². The largest absolute Gasteiger partial charge is 0.388 e. The van der Waals surface area contributed by atoms with Crippen LogP contribution in [-0.2, 0) is 12.1 Å². The van der Waals surface area contributed by atoms with Gasteiger partial charge in [0.25, 0.3) is 0 Å². The van der Waals surface area contributed by atoms with Crippen LogP contribution in [0.25, 0.3) is 0 Å². The molecule has 1 fully saturated rings. The van der Waals surface area contributed by atoms with E-state index in [-0.39, 0.29) is 12.4 Å². The maximum absolute atomic E-state index is 13.2. The van der Waals surface area contributed by atoms with E-state index >= 15 is 0 Å². The summed E-state index contributed by atoms with van der Waals surface area (Å²) < 4.78 is 14.5. The molecule has 0 bridgehead atoms. The number of hydrogen-bond donors (Lipinski definition) is 3. The molecule has 30 heavy (non-hydrogen) atoms. The summed E-state index contributed by atoms with van der Waals surface area (Å²) in [6.45, 7) is 0.298. The highest BCUT2D eigenvalue weighted by Gasteiger charge is 2.48. The van der Waals surface area contributed by atoms with Crippen LogP contribution in [0.5, 0.6) is 0 Å². The van der Waals surface area contributed by atoms with Gasteiger partial charge in [-0.1, -0.05) is 35.9 Å². The van der Waals surface area contributed by atoms with Crippen LogP contribution in [0.2, 0.25) is 5.02 Å². The van der Waals surface area contributed by atoms with E-state index in [9.17, 15) is 19.4 Å². The Morgan fingerprint density at radius 1 is 1.20 bits per heavy atom. The lowest BCUT2D eigenvalue weighted by atomic mass is 9.90. The van der Waals surface area contributed by atoms with Gasteiger partial charge in [0, 0.05) is 5.02 Å². The highest BCUT2D eigenvalue weighted by Crippen LogP contribution is 2.40. The lowest BCUT2D eigenvalue weighted by molar-refractivity contribution is -0.0608. The Labute approximate surface area is 176 Å². The van der Waals surface area contributed by atoms with E-state index in [0.29, 0.717) is 23.6 Å². The Morgan fingerprint density at radius 2 is 1.90 bits per heavy atom. The minimum atomic E-state index is -1.52. The molecule has 156 valence electrons. The summed E-state index contributed by atoms with van der Waals surface area (Å²) in [6, 6.07) is 11.9. The molecule has 1 aliphatic carbocycles. The van der Waals surface area contributed by atoms with Crippen LogP contribution in [0.4, 0.5) is 10.3 Å². The van der Waals surface area contributed by atoms with Crippen LogP contribution < -0.4 is 11.0 Å². The molecular weight excluding hydrogens is 411 g/mol. The van der Waals surface area contributed by atoms with Crippen molar-refractivity contribution in [2.45, 2.75) is 37.1 Å². The first-order valence-electron chi connectivity index (χ1n) is 9.46. The van der Waals surface area contributed by atoms with Crippen molar-refractivity contribution in [3.05, 3.63) is 87.3 Å². The molecule has 0 spiro atoms. The number of rotatable bonds is 5. The van der Waals surface area contributed by atoms with Gasteiger partial charge >= 0.3 is 5.69 Å². The van der Waals surface area contributed by atoms with Crippen molar-refractivity contribution < 1.29 is 14.6 Å². The second-order valence-corrected chi connectivity index (χ2v) is 7.82. The first kappa shape index (κ1) is 20.5. The van der Waals surface area contributed by atoms with Crippen molar-refractivity contribution in [2.24, 2.45) is 0 Å². The van der Waals surface area contributed by atoms with Crippen LogP contribution in [-0.4, -0.2) is 36.9 Å². The fourth-order valence-electron chi connectivity index (χ4n) is 3.71. The van der Waals surface area contributed by atoms with Gasteiger partial charge < -0.3 is 15.5 Å². The molecule has 0 radical (unpaired) electrons. The second kappa shape index (κ2) is 8.14. The van der Waals surface area contributed by atoms with Crippen LogP contribution in [0.3, 0.4) is 0 Å². The predicted molar refractivity (Wildman–Crippen MR) is 110 cm³/mol. The maximum Gasteiger partial charge on any atom is 0.352 e. The van der Waals surface area contributed by atoms with Gasteiger partial charge in [0.15, 0.2) is 0 Å². The molecule has 0 aliphatic heterocycles. The van der Waals surface area contributed by atoms with Crippen molar-refractivity contribution >= 4 is 17.5 Å². The van der Waals surface area contributed by atoms with Gasteiger partial charge in [-0.2, -0.15) is 4.98 Å². The highest BCUT2D eigenvalue weighted by molar-refractivity contribution is 6.30. The molecule has 0 saturated heterocycles. The van der Waals surface area contributed by atoms with E-state index in [1.54, 1.807) is 12.1 Å². The zero-order valence-corrected chi connectivity index (χ0v) is 16.6. The summed E-state index contributed by atoms with van der Waals surface area (Å²) in [5.41, 5.74) is -0.709. The Morgan fingerprint density at radius 3 is 2.57 bits per heavy atom. The zero-order valence-electron chi connectivity index (χ0n) is 15.9. The average Bonchev–Trinajstić information content (AvgIpc) is 3.01. The standard InChI is InChI=1S/C21H20ClFN4O3/c22-15-5-1-13(2-6-15)11-27-12-24-19(26-20(27)29)25-17-9-10-21(30,18(17)28)14-3-7-16(23)8-4-14/h1-8,12,17-18,28,30H,9-11H2,(H,25,26,29). The van der Waals surface area contributed by atoms with Crippen molar-refractivity contribution in [3.8, 4) is 0 Å². The van der Waals surface area contributed by atoms with Crippen molar-refractivity contribution in [1.29, 1.82) is 0 Å². The lowest BCUT2D eigenvalue weighted by Gasteiger charge is -2.29. The Hall–Kier alpha value is -2.81. The summed E-state index contributed by atoms with van der Waals surface area (Å²) >= 11 is 5.87. The summed E-state index contributed by atoms with van der Waals surface area (Å²) in [4.78, 5) is 20.4. The van der Waals surface area contributed by atoms with Gasteiger partial charge in [-0.25, -0.2) is 14.2 Å². The summed E-state index contributed by atoms with van der Waals surface area (Å²) in [5, 5.41) is 25.1. The number of aromatic nitrogens is 3. The fraction of sp³-hybridized carbons (Fsp3) is 0.286. The summed E-state index contributed by atoms with van der Waals surface area (Å²) in [7, 11) is 0. The van der Waals surface area contributed by atoms with Gasteiger partial charge in [-0.3, -0.25) is 4.57 Å². The Balaban J connectivity index is 1.47. The molecule has 1 heterocycles. The lowest BCUT2D eigenvalue weighted by Crippen LogP contribution is -2.42. The number of nitrogens with zero attached hydrogens (tertiary/aromatic N) is 3. The SMILES string of the molecule is O=c1nc(NC2CCC(O)(c3ccc(F)cc3)C2O)ncn1Cc1ccc(Cl)cc1. The number of aliphatic hydroxyl groups is 2. The molecule has 4 rings (SSSR count). The molecule has 2 aromatic carbocycles. The molecule has 3 aromatic rings. The van der Waals surface area contributed by atoms with E-state index in [1.807, 2.05) is 12.1 Å². The third kappa shape index (κ3) is 4.07. The van der Waals surface area contributed by atoms with Gasteiger partial charge in [0.05, 0.1) is 12.6 Å². The molecule has 3 atom stereocenters. The molecule has 3 unspecified atom stereocenters. The van der Waals surface area contributed by atoms with Crippen molar-refractivity contribution in [3.63, 3.8) is 0 Å². The summed E-state index contributed by atoms with van der Waals surface area (Å²) in [6.07, 6.45) is 0.889. The van der Waals surface area contributed by atoms with E-state index < -0.39 is 29.3 Å². The predicted octanol–water partition coefficient (Wildman–Crippen LogP) is 2.30. The van der Waals surface area contributed by atoms with Gasteiger partial charge in [-0.05, 0) is 48.2 Å². The molecule has 9 heteroatoms. The fourth-order valence-corrected chi connectivity index (χ4v) is 3.83. The van der Waals surface area contributed by atoms with Crippen LogP contribution in [0.15, 0.2) is 59.7 Å². The number of benzene rings is 2. The van der Waals surface area contributed by atoms with E-state index in [0.717, 1.165) is 5.56 Å². The first-order valence-corrected chi connectivity index (χ1v) is 9.84. The monoisotopic (exact) mass is 430 g/mol. The van der Waals surface area contributed by atoms with Crippen molar-refractivity contribution in [2.75, 3.05) is 5.32 Å². The van der Waals surface area contributed by atoms with E-state index in [4.69, 9.17) is 11.6 Å². The number of anilines is 1. The zero-order chi connectivity index (χ0) is 21.3. The van der Waals surface area contributed by atoms with Gasteiger partial charge in [-0.15, -0.1) is 0 Å².